The van der Waals surface area contributed by atoms with Crippen molar-refractivity contribution in [3.63, 3.8) is 0 Å². The lowest BCUT2D eigenvalue weighted by Crippen LogP contribution is -1.76. The van der Waals surface area contributed by atoms with Crippen LogP contribution in [-0.4, -0.2) is 6.79 Å². The summed E-state index contributed by atoms with van der Waals surface area (Å²) in [6.07, 6.45) is 9.77. The van der Waals surface area contributed by atoms with Crippen molar-refractivity contribution >= 4 is 18.9 Å². The van der Waals surface area contributed by atoms with Crippen LogP contribution in [0.2, 0.25) is 0 Å². The zero-order valence-corrected chi connectivity index (χ0v) is 11.4. The Morgan fingerprint density at radius 3 is 1.53 bits per heavy atom. The van der Waals surface area contributed by atoms with Crippen molar-refractivity contribution < 1.29 is 4.79 Å². The first-order valence-electron chi connectivity index (χ1n) is 6.18. The first-order valence-corrected chi connectivity index (χ1v) is 6.18. The summed E-state index contributed by atoms with van der Waals surface area (Å²) in [6.45, 7) is 10.0. The molecule has 1 heteroatoms. The Kier molecular flexibility index (Phi) is 15.0. The standard InChI is InChI=1S/C11H10.2C2H6.CH2O/c1-2-6-10-8-4-5-9-11(10)7-3-1;3*1-2/h2-9H,1H2;2*1-2H3;1H2. The maximum atomic E-state index is 8.00. The molecule has 0 unspecified atom stereocenters. The van der Waals surface area contributed by atoms with Gasteiger partial charge in [0.15, 0.2) is 0 Å². The van der Waals surface area contributed by atoms with Crippen LogP contribution in [0.15, 0.2) is 36.4 Å². The van der Waals surface area contributed by atoms with Gasteiger partial charge in [-0.3, -0.25) is 0 Å². The van der Waals surface area contributed by atoms with Crippen LogP contribution in [0.25, 0.3) is 12.2 Å². The van der Waals surface area contributed by atoms with Crippen LogP contribution in [0.5, 0.6) is 0 Å². The first-order chi connectivity index (χ1) is 8.47. The van der Waals surface area contributed by atoms with Gasteiger partial charge in [-0.1, -0.05) is 76.3 Å². The first kappa shape index (κ1) is 17.8. The smallest absolute Gasteiger partial charge is 0.106 e. The van der Waals surface area contributed by atoms with E-state index in [0.29, 0.717) is 0 Å². The van der Waals surface area contributed by atoms with Crippen LogP contribution in [0.1, 0.15) is 45.2 Å². The van der Waals surface area contributed by atoms with Crippen molar-refractivity contribution in [3.8, 4) is 0 Å². The third kappa shape index (κ3) is 7.29. The summed E-state index contributed by atoms with van der Waals surface area (Å²) in [5.74, 6) is 0. The minimum atomic E-state index is 1.05. The van der Waals surface area contributed by atoms with E-state index in [1.807, 2.05) is 34.5 Å². The topological polar surface area (TPSA) is 17.1 Å². The maximum Gasteiger partial charge on any atom is 0.106 e. The SMILES string of the molecule is C1=Cc2ccccc2C=CC1.C=O.CC.CC. The number of fused-ring (bicyclic) bond motifs is 1. The van der Waals surface area contributed by atoms with Gasteiger partial charge in [0.1, 0.15) is 6.79 Å². The van der Waals surface area contributed by atoms with E-state index < -0.39 is 0 Å². The maximum absolute atomic E-state index is 8.00. The Hall–Kier alpha value is -1.63. The van der Waals surface area contributed by atoms with Crippen molar-refractivity contribution in [2.45, 2.75) is 34.1 Å². The molecule has 0 aliphatic heterocycles. The normalized spacial score (nSPS) is 10.1. The van der Waals surface area contributed by atoms with E-state index in [2.05, 4.69) is 48.6 Å². The van der Waals surface area contributed by atoms with Crippen LogP contribution in [0.4, 0.5) is 0 Å². The summed E-state index contributed by atoms with van der Waals surface area (Å²) >= 11 is 0. The van der Waals surface area contributed by atoms with E-state index in [1.54, 1.807) is 0 Å². The average Bonchev–Trinajstić information content (AvgIpc) is 2.70. The Morgan fingerprint density at radius 2 is 1.18 bits per heavy atom. The summed E-state index contributed by atoms with van der Waals surface area (Å²) < 4.78 is 0. The molecule has 0 atom stereocenters. The quantitative estimate of drug-likeness (QED) is 0.616. The minimum Gasteiger partial charge on any atom is -0.307 e. The Bertz CT molecular complexity index is 293. The Morgan fingerprint density at radius 1 is 0.824 bits per heavy atom. The number of rotatable bonds is 0. The van der Waals surface area contributed by atoms with E-state index in [-0.39, 0.29) is 0 Å². The second-order valence-electron chi connectivity index (χ2n) is 2.67. The lowest BCUT2D eigenvalue weighted by Gasteiger charge is -1.96. The summed E-state index contributed by atoms with van der Waals surface area (Å²) in [7, 11) is 0. The van der Waals surface area contributed by atoms with Crippen molar-refractivity contribution in [2.24, 2.45) is 0 Å². The van der Waals surface area contributed by atoms with Gasteiger partial charge in [0.05, 0.1) is 0 Å². The molecule has 0 amide bonds. The fourth-order valence-corrected chi connectivity index (χ4v) is 1.28. The predicted octanol–water partition coefficient (Wildman–Crippen LogP) is 4.98. The van der Waals surface area contributed by atoms with E-state index in [0.717, 1.165) is 6.42 Å². The van der Waals surface area contributed by atoms with Gasteiger partial charge in [-0.15, -0.1) is 0 Å². The average molecular weight is 232 g/mol. The second-order valence-corrected chi connectivity index (χ2v) is 2.67. The van der Waals surface area contributed by atoms with Gasteiger partial charge in [-0.25, -0.2) is 0 Å². The molecular formula is C16H24O. The summed E-state index contributed by atoms with van der Waals surface area (Å²) in [4.78, 5) is 8.00. The molecule has 0 N–H and O–H groups in total. The van der Waals surface area contributed by atoms with Crippen molar-refractivity contribution in [1.82, 2.24) is 0 Å². The number of carbonyl (C=O) groups is 1. The molecule has 0 fully saturated rings. The summed E-state index contributed by atoms with van der Waals surface area (Å²) in [5.41, 5.74) is 2.64. The van der Waals surface area contributed by atoms with Crippen LogP contribution in [-0.2, 0) is 4.79 Å². The molecule has 0 radical (unpaired) electrons. The third-order valence-electron chi connectivity index (χ3n) is 1.86. The second kappa shape index (κ2) is 14.4. The van der Waals surface area contributed by atoms with Gasteiger partial charge in [0, 0.05) is 0 Å². The number of hydrogen-bond acceptors (Lipinski definition) is 1. The molecule has 1 nitrogen and oxygen atoms in total. The van der Waals surface area contributed by atoms with Gasteiger partial charge >= 0.3 is 0 Å². The lowest BCUT2D eigenvalue weighted by atomic mass is 10.1. The summed E-state index contributed by atoms with van der Waals surface area (Å²) in [6, 6.07) is 8.42. The van der Waals surface area contributed by atoms with E-state index >= 15 is 0 Å². The number of allylic oxidation sites excluding steroid dienone is 2. The molecule has 94 valence electrons. The molecule has 0 saturated heterocycles. The molecule has 17 heavy (non-hydrogen) atoms. The number of hydrogen-bond donors (Lipinski definition) is 0. The van der Waals surface area contributed by atoms with Gasteiger partial charge < -0.3 is 4.79 Å². The fraction of sp³-hybridized carbons (Fsp3) is 0.312. The molecule has 0 saturated carbocycles. The van der Waals surface area contributed by atoms with Gasteiger partial charge in [-0.05, 0) is 17.5 Å². The molecule has 0 aromatic heterocycles. The van der Waals surface area contributed by atoms with Gasteiger partial charge in [0.25, 0.3) is 0 Å². The highest BCUT2D eigenvalue weighted by molar-refractivity contribution is 5.67. The molecule has 0 spiro atoms. The molecule has 0 bridgehead atoms. The van der Waals surface area contributed by atoms with Crippen molar-refractivity contribution in [3.05, 3.63) is 47.5 Å². The van der Waals surface area contributed by atoms with Crippen LogP contribution in [0.3, 0.4) is 0 Å². The molecular weight excluding hydrogens is 208 g/mol. The van der Waals surface area contributed by atoms with Crippen LogP contribution >= 0.6 is 0 Å². The van der Waals surface area contributed by atoms with Gasteiger partial charge in [0.2, 0.25) is 0 Å². The van der Waals surface area contributed by atoms with E-state index in [4.69, 9.17) is 4.79 Å². The van der Waals surface area contributed by atoms with Crippen molar-refractivity contribution in [2.75, 3.05) is 0 Å². The molecule has 1 aromatic carbocycles. The number of carbonyl (C=O) groups excluding carboxylic acids is 1. The number of benzene rings is 1. The zero-order valence-electron chi connectivity index (χ0n) is 11.4. The molecule has 1 aliphatic carbocycles. The van der Waals surface area contributed by atoms with Crippen molar-refractivity contribution in [1.29, 1.82) is 0 Å². The highest BCUT2D eigenvalue weighted by Crippen LogP contribution is 2.15. The van der Waals surface area contributed by atoms with Crippen LogP contribution in [0, 0.1) is 0 Å². The molecule has 1 aliphatic rings. The Balaban J connectivity index is 0. The predicted molar refractivity (Wildman–Crippen MR) is 78.9 cm³/mol. The third-order valence-corrected chi connectivity index (χ3v) is 1.86. The van der Waals surface area contributed by atoms with Gasteiger partial charge in [-0.2, -0.15) is 0 Å². The van der Waals surface area contributed by atoms with E-state index in [9.17, 15) is 0 Å². The lowest BCUT2D eigenvalue weighted by molar-refractivity contribution is -0.0979. The Labute approximate surface area is 106 Å². The van der Waals surface area contributed by atoms with Crippen LogP contribution < -0.4 is 0 Å². The zero-order chi connectivity index (χ0) is 13.5. The fourth-order valence-electron chi connectivity index (χ4n) is 1.28. The molecule has 0 heterocycles. The summed E-state index contributed by atoms with van der Waals surface area (Å²) in [5, 5.41) is 0. The molecule has 2 rings (SSSR count). The minimum absolute atomic E-state index is 1.05. The van der Waals surface area contributed by atoms with E-state index in [1.165, 1.54) is 11.1 Å². The highest BCUT2D eigenvalue weighted by Gasteiger charge is 1.94. The molecule has 1 aromatic rings. The monoisotopic (exact) mass is 232 g/mol. The highest BCUT2D eigenvalue weighted by atomic mass is 16.1. The largest absolute Gasteiger partial charge is 0.307 e.